The topological polar surface area (TPSA) is 45.3 Å². The zero-order chi connectivity index (χ0) is 17.5. The average molecular weight is 330 g/mol. The Morgan fingerprint density at radius 1 is 0.880 bits per heavy atom. The number of amides is 1. The van der Waals surface area contributed by atoms with E-state index in [0.717, 1.165) is 16.8 Å². The monoisotopic (exact) mass is 330 g/mol. The molecule has 25 heavy (non-hydrogen) atoms. The van der Waals surface area contributed by atoms with Crippen LogP contribution in [0, 0.1) is 0 Å². The minimum absolute atomic E-state index is 0.156. The number of carbonyl (C=O) groups excluding carboxylic acids is 1. The highest BCUT2D eigenvalue weighted by Crippen LogP contribution is 2.19. The van der Waals surface area contributed by atoms with Crippen LogP contribution in [0.2, 0.25) is 0 Å². The van der Waals surface area contributed by atoms with Crippen molar-refractivity contribution >= 4 is 11.6 Å². The van der Waals surface area contributed by atoms with Gasteiger partial charge < -0.3 is 0 Å². The van der Waals surface area contributed by atoms with Gasteiger partial charge >= 0.3 is 5.91 Å². The molecule has 0 saturated heterocycles. The molecule has 0 fully saturated rings. The molecule has 2 aromatic carbocycles. The molecule has 0 radical (unpaired) electrons. The highest BCUT2D eigenvalue weighted by Gasteiger charge is 2.07. The number of hydrogen-bond acceptors (Lipinski definition) is 2. The van der Waals surface area contributed by atoms with Crippen LogP contribution in [-0.4, -0.2) is 11.6 Å². The molecule has 0 spiro atoms. The first-order valence-electron chi connectivity index (χ1n) is 8.15. The van der Waals surface area contributed by atoms with E-state index in [9.17, 15) is 4.79 Å². The van der Waals surface area contributed by atoms with Crippen LogP contribution in [0.5, 0.6) is 0 Å². The molecule has 0 atom stereocenters. The molecule has 124 valence electrons. The molecule has 4 heteroatoms. The predicted octanol–water partition coefficient (Wildman–Crippen LogP) is 3.18. The quantitative estimate of drug-likeness (QED) is 0.436. The minimum Gasteiger partial charge on any atom is -0.266 e. The van der Waals surface area contributed by atoms with Crippen LogP contribution < -0.4 is 9.99 Å². The number of rotatable bonds is 5. The Labute approximate surface area is 147 Å². The van der Waals surface area contributed by atoms with Crippen LogP contribution in [0.3, 0.4) is 0 Å². The van der Waals surface area contributed by atoms with Crippen molar-refractivity contribution < 1.29 is 9.36 Å². The molecule has 3 aromatic rings. The van der Waals surface area contributed by atoms with Crippen LogP contribution in [0.1, 0.15) is 12.5 Å². The van der Waals surface area contributed by atoms with Crippen molar-refractivity contribution in [1.82, 2.24) is 5.43 Å². The third kappa shape index (κ3) is 4.61. The van der Waals surface area contributed by atoms with Gasteiger partial charge in [-0.1, -0.05) is 60.7 Å². The van der Waals surface area contributed by atoms with Gasteiger partial charge in [-0.25, -0.2) is 5.43 Å². The number of hydrogen-bond donors (Lipinski definition) is 1. The van der Waals surface area contributed by atoms with Gasteiger partial charge in [-0.3, -0.25) is 4.79 Å². The predicted molar refractivity (Wildman–Crippen MR) is 98.9 cm³/mol. The van der Waals surface area contributed by atoms with E-state index < -0.39 is 0 Å². The van der Waals surface area contributed by atoms with Crippen molar-refractivity contribution in [2.45, 2.75) is 13.5 Å². The van der Waals surface area contributed by atoms with Crippen molar-refractivity contribution in [3.05, 3.63) is 90.8 Å². The van der Waals surface area contributed by atoms with Crippen molar-refractivity contribution in [3.63, 3.8) is 0 Å². The normalized spacial score (nSPS) is 11.2. The third-order valence-corrected chi connectivity index (χ3v) is 3.86. The lowest BCUT2D eigenvalue weighted by Crippen LogP contribution is -2.41. The second-order valence-electron chi connectivity index (χ2n) is 5.72. The summed E-state index contributed by atoms with van der Waals surface area (Å²) in [5.74, 6) is -0.156. The van der Waals surface area contributed by atoms with E-state index in [0.29, 0.717) is 0 Å². The number of pyridine rings is 1. The van der Waals surface area contributed by atoms with Gasteiger partial charge in [-0.2, -0.15) is 9.67 Å². The molecule has 3 rings (SSSR count). The molecular weight excluding hydrogens is 310 g/mol. The summed E-state index contributed by atoms with van der Waals surface area (Å²) in [6.07, 6.45) is 3.69. The number of aromatic nitrogens is 1. The number of carbonyl (C=O) groups is 1. The summed E-state index contributed by atoms with van der Waals surface area (Å²) in [7, 11) is 0. The Morgan fingerprint density at radius 3 is 2.16 bits per heavy atom. The molecule has 0 aliphatic carbocycles. The Balaban J connectivity index is 1.63. The second kappa shape index (κ2) is 8.02. The molecule has 0 aliphatic heterocycles. The van der Waals surface area contributed by atoms with E-state index in [2.05, 4.69) is 34.8 Å². The maximum Gasteiger partial charge on any atom is 0.305 e. The Hall–Kier alpha value is -3.27. The number of hydrazone groups is 1. The number of benzene rings is 2. The largest absolute Gasteiger partial charge is 0.305 e. The fourth-order valence-electron chi connectivity index (χ4n) is 2.49. The van der Waals surface area contributed by atoms with E-state index in [-0.39, 0.29) is 12.5 Å². The summed E-state index contributed by atoms with van der Waals surface area (Å²) in [6.45, 7) is 2.12. The molecule has 4 nitrogen and oxygen atoms in total. The highest BCUT2D eigenvalue weighted by molar-refractivity contribution is 5.99. The average Bonchev–Trinajstić information content (AvgIpc) is 2.68. The molecular formula is C21H20N3O+. The smallest absolute Gasteiger partial charge is 0.266 e. The van der Waals surface area contributed by atoms with Crippen LogP contribution in [0.25, 0.3) is 11.1 Å². The standard InChI is InChI=1S/C21H19N3O/c1-17(22-23-21(25)16-24-14-6-3-7-15-24)18-10-12-20(13-11-18)19-8-4-2-5-9-19/h2-15H,16H2,1H3/p+1/b22-17-. The molecule has 1 aromatic heterocycles. The number of nitrogens with one attached hydrogen (secondary N) is 1. The van der Waals surface area contributed by atoms with Gasteiger partial charge in [-0.05, 0) is 23.6 Å². The van der Waals surface area contributed by atoms with Crippen LogP contribution in [0.15, 0.2) is 90.3 Å². The fourth-order valence-corrected chi connectivity index (χ4v) is 2.49. The van der Waals surface area contributed by atoms with Crippen LogP contribution >= 0.6 is 0 Å². The Morgan fingerprint density at radius 2 is 1.48 bits per heavy atom. The Kier molecular flexibility index (Phi) is 5.32. The second-order valence-corrected chi connectivity index (χ2v) is 5.72. The zero-order valence-electron chi connectivity index (χ0n) is 14.1. The first kappa shape index (κ1) is 16.6. The first-order chi connectivity index (χ1) is 12.2. The summed E-state index contributed by atoms with van der Waals surface area (Å²) in [5, 5.41) is 4.20. The third-order valence-electron chi connectivity index (χ3n) is 3.86. The molecule has 0 aliphatic rings. The van der Waals surface area contributed by atoms with Crippen LogP contribution in [-0.2, 0) is 11.3 Å². The van der Waals surface area contributed by atoms with E-state index in [1.54, 1.807) is 4.57 Å². The van der Waals surface area contributed by atoms with E-state index in [4.69, 9.17) is 0 Å². The van der Waals surface area contributed by atoms with E-state index in [1.165, 1.54) is 5.56 Å². The van der Waals surface area contributed by atoms with Gasteiger partial charge in [0.15, 0.2) is 12.4 Å². The summed E-state index contributed by atoms with van der Waals surface area (Å²) in [5.41, 5.74) is 6.68. The summed E-state index contributed by atoms with van der Waals surface area (Å²) in [6, 6.07) is 24.0. The van der Waals surface area contributed by atoms with Crippen molar-refractivity contribution in [2.24, 2.45) is 5.10 Å². The van der Waals surface area contributed by atoms with Gasteiger partial charge in [0.1, 0.15) is 0 Å². The zero-order valence-corrected chi connectivity index (χ0v) is 14.1. The molecule has 0 bridgehead atoms. The molecule has 1 heterocycles. The lowest BCUT2D eigenvalue weighted by atomic mass is 10.0. The van der Waals surface area contributed by atoms with Crippen molar-refractivity contribution in [2.75, 3.05) is 0 Å². The molecule has 1 N–H and O–H groups in total. The molecule has 0 saturated carbocycles. The van der Waals surface area contributed by atoms with Crippen molar-refractivity contribution in [1.29, 1.82) is 0 Å². The van der Waals surface area contributed by atoms with Crippen molar-refractivity contribution in [3.8, 4) is 11.1 Å². The maximum absolute atomic E-state index is 11.9. The van der Waals surface area contributed by atoms with Gasteiger partial charge in [0, 0.05) is 12.1 Å². The van der Waals surface area contributed by atoms with Gasteiger partial charge in [0.05, 0.1) is 5.71 Å². The molecule has 0 unspecified atom stereocenters. The Bertz CT molecular complexity index is 857. The first-order valence-corrected chi connectivity index (χ1v) is 8.15. The maximum atomic E-state index is 11.9. The highest BCUT2D eigenvalue weighted by atomic mass is 16.2. The number of nitrogens with zero attached hydrogens (tertiary/aromatic N) is 2. The fraction of sp³-hybridized carbons (Fsp3) is 0.0952. The van der Waals surface area contributed by atoms with Crippen LogP contribution in [0.4, 0.5) is 0 Å². The lowest BCUT2D eigenvalue weighted by molar-refractivity contribution is -0.684. The van der Waals surface area contributed by atoms with Gasteiger partial charge in [0.2, 0.25) is 6.54 Å². The van der Waals surface area contributed by atoms with E-state index >= 15 is 0 Å². The lowest BCUT2D eigenvalue weighted by Gasteiger charge is -2.05. The summed E-state index contributed by atoms with van der Waals surface area (Å²) >= 11 is 0. The molecule has 1 amide bonds. The minimum atomic E-state index is -0.156. The summed E-state index contributed by atoms with van der Waals surface area (Å²) < 4.78 is 1.80. The van der Waals surface area contributed by atoms with E-state index in [1.807, 2.05) is 67.8 Å². The van der Waals surface area contributed by atoms with Gasteiger partial charge in [-0.15, -0.1) is 0 Å². The van der Waals surface area contributed by atoms with Gasteiger partial charge in [0.25, 0.3) is 0 Å². The summed E-state index contributed by atoms with van der Waals surface area (Å²) in [4.78, 5) is 11.9. The SMILES string of the molecule is C/C(=N/NC(=O)C[n+]1ccccc1)c1ccc(-c2ccccc2)cc1.